The van der Waals surface area contributed by atoms with Crippen molar-refractivity contribution < 1.29 is 28.6 Å². The fraction of sp³-hybridized carbons (Fsp3) is 0.675. The fourth-order valence-corrected chi connectivity index (χ4v) is 9.49. The van der Waals surface area contributed by atoms with Crippen molar-refractivity contribution >= 4 is 17.9 Å². The summed E-state index contributed by atoms with van der Waals surface area (Å²) in [7, 11) is 0. The summed E-state index contributed by atoms with van der Waals surface area (Å²) in [6, 6.07) is 0. The number of esters is 3. The topological polar surface area (TPSA) is 78.9 Å². The quantitative estimate of drug-likeness (QED) is 0.0261. The van der Waals surface area contributed by atoms with Crippen molar-refractivity contribution in [3.05, 3.63) is 134 Å². The lowest BCUT2D eigenvalue weighted by atomic mass is 10.0. The third kappa shape index (κ3) is 68.2. The highest BCUT2D eigenvalue weighted by Gasteiger charge is 2.19. The molecule has 0 saturated heterocycles. The van der Waals surface area contributed by atoms with Gasteiger partial charge in [-0.25, -0.2) is 0 Å². The Labute approximate surface area is 513 Å². The maximum atomic E-state index is 13.0. The summed E-state index contributed by atoms with van der Waals surface area (Å²) in [5, 5.41) is 0. The van der Waals surface area contributed by atoms with Crippen molar-refractivity contribution in [3.8, 4) is 0 Å². The highest BCUT2D eigenvalue weighted by atomic mass is 16.6. The number of hydrogen-bond donors (Lipinski definition) is 0. The molecule has 0 aromatic carbocycles. The molecule has 83 heavy (non-hydrogen) atoms. The minimum Gasteiger partial charge on any atom is -0.462 e. The van der Waals surface area contributed by atoms with Crippen LogP contribution in [-0.4, -0.2) is 37.2 Å². The fourth-order valence-electron chi connectivity index (χ4n) is 9.49. The molecule has 0 N–H and O–H groups in total. The molecule has 0 aromatic heterocycles. The first-order valence-electron chi connectivity index (χ1n) is 34.7. The zero-order chi connectivity index (χ0) is 59.9. The van der Waals surface area contributed by atoms with Crippen LogP contribution in [0.3, 0.4) is 0 Å². The summed E-state index contributed by atoms with van der Waals surface area (Å²) in [5.74, 6) is -0.907. The minimum absolute atomic E-state index is 0.0894. The first-order valence-corrected chi connectivity index (χ1v) is 34.7. The van der Waals surface area contributed by atoms with Crippen LogP contribution in [0.1, 0.15) is 316 Å². The number of ether oxygens (including phenoxy) is 3. The van der Waals surface area contributed by atoms with E-state index in [2.05, 4.69) is 154 Å². The van der Waals surface area contributed by atoms with Crippen LogP contribution in [-0.2, 0) is 28.6 Å². The highest BCUT2D eigenvalue weighted by Crippen LogP contribution is 2.16. The second kappa shape index (κ2) is 70.0. The molecule has 6 nitrogen and oxygen atoms in total. The molecule has 0 aliphatic rings. The minimum atomic E-state index is -0.796. The van der Waals surface area contributed by atoms with Crippen molar-refractivity contribution in [1.29, 1.82) is 0 Å². The third-order valence-corrected chi connectivity index (χ3v) is 14.6. The van der Waals surface area contributed by atoms with Crippen LogP contribution in [0.4, 0.5) is 0 Å². The van der Waals surface area contributed by atoms with Gasteiger partial charge in [0.25, 0.3) is 0 Å². The summed E-state index contributed by atoms with van der Waals surface area (Å²) >= 11 is 0. The maximum Gasteiger partial charge on any atom is 0.306 e. The van der Waals surface area contributed by atoms with Gasteiger partial charge >= 0.3 is 17.9 Å². The van der Waals surface area contributed by atoms with Crippen LogP contribution in [0.2, 0.25) is 0 Å². The normalized spacial score (nSPS) is 13.0. The van der Waals surface area contributed by atoms with Crippen molar-refractivity contribution in [3.63, 3.8) is 0 Å². The van der Waals surface area contributed by atoms with Crippen molar-refractivity contribution in [2.45, 2.75) is 322 Å². The summed E-state index contributed by atoms with van der Waals surface area (Å²) in [6.07, 6.45) is 98.9. The highest BCUT2D eigenvalue weighted by molar-refractivity contribution is 5.71. The van der Waals surface area contributed by atoms with Crippen LogP contribution < -0.4 is 0 Å². The van der Waals surface area contributed by atoms with Crippen LogP contribution in [0.5, 0.6) is 0 Å². The van der Waals surface area contributed by atoms with E-state index in [9.17, 15) is 14.4 Å². The molecule has 0 rings (SSSR count). The predicted molar refractivity (Wildman–Crippen MR) is 362 cm³/mol. The lowest BCUT2D eigenvalue weighted by molar-refractivity contribution is -0.167. The van der Waals surface area contributed by atoms with Gasteiger partial charge in [-0.2, -0.15) is 0 Å². The van der Waals surface area contributed by atoms with Crippen LogP contribution >= 0.6 is 0 Å². The van der Waals surface area contributed by atoms with E-state index in [-0.39, 0.29) is 31.1 Å². The van der Waals surface area contributed by atoms with Gasteiger partial charge in [0.15, 0.2) is 6.10 Å². The SMILES string of the molecule is CC/C=C\C/C=C\C/C=C\C/C=C\C/C=C\CCCCCCCCCC(=O)OC(COC(=O)CCCCCCC/C=C\C/C=C\CCCCC)COC(=O)CCCCCCCCCCCCCCCC/C=C\C/C=C\C/C=C\C/C=C\CC. The van der Waals surface area contributed by atoms with E-state index in [4.69, 9.17) is 14.2 Å². The number of hydrogen-bond acceptors (Lipinski definition) is 6. The van der Waals surface area contributed by atoms with Crippen molar-refractivity contribution in [2.75, 3.05) is 13.2 Å². The number of rotatable bonds is 62. The zero-order valence-electron chi connectivity index (χ0n) is 54.2. The molecular weight excluding hydrogens is 1020 g/mol. The zero-order valence-corrected chi connectivity index (χ0v) is 54.2. The van der Waals surface area contributed by atoms with E-state index >= 15 is 0 Å². The molecule has 1 atom stereocenters. The Kier molecular flexibility index (Phi) is 66.3. The molecule has 1 unspecified atom stereocenters. The van der Waals surface area contributed by atoms with E-state index in [0.717, 1.165) is 148 Å². The predicted octanol–water partition coefficient (Wildman–Crippen LogP) is 24.1. The molecule has 6 heteroatoms. The van der Waals surface area contributed by atoms with Crippen molar-refractivity contribution in [2.24, 2.45) is 0 Å². The Morgan fingerprint density at radius 2 is 0.470 bits per heavy atom. The molecule has 0 aliphatic heterocycles. The number of allylic oxidation sites excluding steroid dienone is 22. The summed E-state index contributed by atoms with van der Waals surface area (Å²) < 4.78 is 17.0. The van der Waals surface area contributed by atoms with Crippen LogP contribution in [0, 0.1) is 0 Å². The van der Waals surface area contributed by atoms with E-state index in [1.54, 1.807) is 0 Å². The van der Waals surface area contributed by atoms with E-state index in [1.165, 1.54) is 128 Å². The van der Waals surface area contributed by atoms with Gasteiger partial charge < -0.3 is 14.2 Å². The van der Waals surface area contributed by atoms with Crippen LogP contribution in [0.15, 0.2) is 134 Å². The average molecular weight is 1150 g/mol. The molecule has 0 aliphatic carbocycles. The molecule has 0 spiro atoms. The molecule has 0 bridgehead atoms. The third-order valence-electron chi connectivity index (χ3n) is 14.6. The van der Waals surface area contributed by atoms with E-state index in [1.807, 2.05) is 0 Å². The smallest absolute Gasteiger partial charge is 0.306 e. The number of carbonyl (C=O) groups excluding carboxylic acids is 3. The molecule has 0 aromatic rings. The van der Waals surface area contributed by atoms with Gasteiger partial charge in [0.1, 0.15) is 13.2 Å². The Hall–Kier alpha value is -4.45. The van der Waals surface area contributed by atoms with E-state index in [0.29, 0.717) is 19.3 Å². The monoisotopic (exact) mass is 1150 g/mol. The first-order chi connectivity index (χ1) is 41.0. The molecular formula is C77H128O6. The molecule has 472 valence electrons. The average Bonchev–Trinajstić information content (AvgIpc) is 3.49. The molecule has 0 saturated carbocycles. The second-order valence-electron chi connectivity index (χ2n) is 22.7. The van der Waals surface area contributed by atoms with Gasteiger partial charge in [-0.1, -0.05) is 296 Å². The molecule has 0 fully saturated rings. The lowest BCUT2D eigenvalue weighted by Gasteiger charge is -2.18. The second-order valence-corrected chi connectivity index (χ2v) is 22.7. The Morgan fingerprint density at radius 1 is 0.253 bits per heavy atom. The maximum absolute atomic E-state index is 13.0. The van der Waals surface area contributed by atoms with Gasteiger partial charge in [-0.05, 0) is 135 Å². The van der Waals surface area contributed by atoms with Gasteiger partial charge in [0, 0.05) is 19.3 Å². The summed E-state index contributed by atoms with van der Waals surface area (Å²) in [4.78, 5) is 38.5. The molecule has 0 radical (unpaired) electrons. The Bertz CT molecular complexity index is 1750. The first kappa shape index (κ1) is 78.5. The summed E-state index contributed by atoms with van der Waals surface area (Å²) in [6.45, 7) is 6.39. The Morgan fingerprint density at radius 3 is 0.735 bits per heavy atom. The summed E-state index contributed by atoms with van der Waals surface area (Å²) in [5.41, 5.74) is 0. The van der Waals surface area contributed by atoms with Gasteiger partial charge in [-0.15, -0.1) is 0 Å². The number of carbonyl (C=O) groups is 3. The van der Waals surface area contributed by atoms with Gasteiger partial charge in [0.05, 0.1) is 0 Å². The van der Waals surface area contributed by atoms with Gasteiger partial charge in [0.2, 0.25) is 0 Å². The van der Waals surface area contributed by atoms with Crippen molar-refractivity contribution in [1.82, 2.24) is 0 Å². The Balaban J connectivity index is 4.36. The molecule has 0 amide bonds. The lowest BCUT2D eigenvalue weighted by Crippen LogP contribution is -2.30. The largest absolute Gasteiger partial charge is 0.462 e. The standard InChI is InChI=1S/C77H128O6/c1-4-7-10-13-16-19-22-25-28-30-32-34-36-37-38-39-41-42-44-46-49-52-55-58-61-64-67-70-76(79)82-73-74(72-81-75(78)69-66-63-60-57-54-51-48-27-24-21-18-15-12-9-6-3)83-77(80)71-68-65-62-59-56-53-50-47-45-43-40-35-33-31-29-26-23-20-17-14-11-8-5-2/h7-8,10-11,16-21,25-29,32-35,43,45,48,74H,4-6,9,12-15,22-24,30-31,36-42,44,46-47,49-73H2,1-3H3/b10-7-,11-8-,19-16-,20-17-,21-18-,28-25-,29-26-,34-32-,35-33-,45-43-,48-27-. The number of unbranched alkanes of at least 4 members (excludes halogenated alkanes) is 29. The molecule has 0 heterocycles. The van der Waals surface area contributed by atoms with Crippen LogP contribution in [0.25, 0.3) is 0 Å². The van der Waals surface area contributed by atoms with Gasteiger partial charge in [-0.3, -0.25) is 14.4 Å². The van der Waals surface area contributed by atoms with E-state index < -0.39 is 6.10 Å².